The molecule has 5 rings (SSSR count). The zero-order valence-corrected chi connectivity index (χ0v) is 19.0. The Hall–Kier alpha value is -3.21. The molecule has 0 saturated carbocycles. The molecule has 1 N–H and O–H groups in total. The molecular formula is C23H24N4O5S. The fraction of sp³-hybridized carbons (Fsp3) is 0.304. The number of fused-ring (bicyclic) bond motifs is 1. The molecule has 10 heteroatoms. The van der Waals surface area contributed by atoms with Crippen LogP contribution in [0.4, 0.5) is 11.5 Å². The van der Waals surface area contributed by atoms with Crippen molar-refractivity contribution in [3.8, 4) is 22.8 Å². The fourth-order valence-corrected chi connectivity index (χ4v) is 5.44. The molecule has 2 aliphatic rings. The van der Waals surface area contributed by atoms with Gasteiger partial charge in [-0.2, -0.15) is 4.31 Å². The second-order valence-electron chi connectivity index (χ2n) is 7.78. The van der Waals surface area contributed by atoms with Crippen molar-refractivity contribution in [2.75, 3.05) is 44.8 Å². The number of nitrogens with one attached hydrogen (secondary N) is 1. The zero-order valence-electron chi connectivity index (χ0n) is 18.2. The Morgan fingerprint density at radius 2 is 1.67 bits per heavy atom. The van der Waals surface area contributed by atoms with E-state index in [1.54, 1.807) is 25.1 Å². The number of aryl methyl sites for hydroxylation is 1. The number of anilines is 2. The van der Waals surface area contributed by atoms with E-state index in [0.29, 0.717) is 67.9 Å². The van der Waals surface area contributed by atoms with Crippen LogP contribution in [-0.2, 0) is 14.8 Å². The van der Waals surface area contributed by atoms with Crippen LogP contribution >= 0.6 is 0 Å². The lowest BCUT2D eigenvalue weighted by Crippen LogP contribution is -2.40. The Morgan fingerprint density at radius 1 is 0.879 bits per heavy atom. The van der Waals surface area contributed by atoms with E-state index in [1.807, 2.05) is 30.3 Å². The molecule has 1 fully saturated rings. The van der Waals surface area contributed by atoms with Crippen molar-refractivity contribution in [1.29, 1.82) is 0 Å². The molecular weight excluding hydrogens is 444 g/mol. The van der Waals surface area contributed by atoms with Crippen LogP contribution in [0.5, 0.6) is 11.5 Å². The van der Waals surface area contributed by atoms with Crippen LogP contribution < -0.4 is 14.8 Å². The molecule has 0 radical (unpaired) electrons. The Balaban J connectivity index is 1.36. The molecule has 3 heterocycles. The highest BCUT2D eigenvalue weighted by Gasteiger charge is 2.28. The highest BCUT2D eigenvalue weighted by Crippen LogP contribution is 2.33. The third-order valence-corrected chi connectivity index (χ3v) is 7.59. The molecule has 33 heavy (non-hydrogen) atoms. The predicted molar refractivity (Wildman–Crippen MR) is 122 cm³/mol. The maximum absolute atomic E-state index is 13.2. The van der Waals surface area contributed by atoms with E-state index in [4.69, 9.17) is 14.2 Å². The lowest BCUT2D eigenvalue weighted by molar-refractivity contribution is 0.0730. The van der Waals surface area contributed by atoms with Crippen LogP contribution in [0, 0.1) is 6.92 Å². The van der Waals surface area contributed by atoms with Gasteiger partial charge in [-0.05, 0) is 42.8 Å². The molecule has 0 bridgehead atoms. The SMILES string of the molecule is Cc1ccc(-c2ccc(Nc3ccc4c(c3)OCCO4)nn2)cc1S(=O)(=O)N1CCOCC1. The number of nitrogens with zero attached hydrogens (tertiary/aromatic N) is 3. The lowest BCUT2D eigenvalue weighted by Gasteiger charge is -2.26. The van der Waals surface area contributed by atoms with Gasteiger partial charge in [0.05, 0.1) is 23.8 Å². The minimum absolute atomic E-state index is 0.280. The van der Waals surface area contributed by atoms with Gasteiger partial charge in [-0.1, -0.05) is 12.1 Å². The molecule has 2 aliphatic heterocycles. The van der Waals surface area contributed by atoms with Crippen LogP contribution in [0.1, 0.15) is 5.56 Å². The maximum atomic E-state index is 13.2. The van der Waals surface area contributed by atoms with E-state index in [2.05, 4.69) is 15.5 Å². The molecule has 172 valence electrons. The summed E-state index contributed by atoms with van der Waals surface area (Å²) in [6, 6.07) is 14.5. The second kappa shape index (κ2) is 8.97. The van der Waals surface area contributed by atoms with Crippen molar-refractivity contribution in [3.63, 3.8) is 0 Å². The van der Waals surface area contributed by atoms with Gasteiger partial charge in [-0.25, -0.2) is 8.42 Å². The minimum Gasteiger partial charge on any atom is -0.486 e. The number of hydrogen-bond acceptors (Lipinski definition) is 8. The topological polar surface area (TPSA) is 103 Å². The standard InChI is InChI=1S/C23H24N4O5S/c1-16-2-3-17(14-22(16)33(28,29)27-8-10-30-11-9-27)19-5-7-23(26-25-19)24-18-4-6-20-21(15-18)32-13-12-31-20/h2-7,14-15H,8-13H2,1H3,(H,24,26). The third kappa shape index (κ3) is 4.50. The van der Waals surface area contributed by atoms with Crippen molar-refractivity contribution in [2.45, 2.75) is 11.8 Å². The van der Waals surface area contributed by atoms with Crippen molar-refractivity contribution >= 4 is 21.5 Å². The molecule has 0 amide bonds. The first-order valence-electron chi connectivity index (χ1n) is 10.7. The highest BCUT2D eigenvalue weighted by atomic mass is 32.2. The van der Waals surface area contributed by atoms with Gasteiger partial charge in [0, 0.05) is 30.4 Å². The van der Waals surface area contributed by atoms with Gasteiger partial charge in [0.15, 0.2) is 17.3 Å². The van der Waals surface area contributed by atoms with Crippen LogP contribution in [0.15, 0.2) is 53.4 Å². The number of benzene rings is 2. The van der Waals surface area contributed by atoms with Crippen LogP contribution in [0.3, 0.4) is 0 Å². The van der Waals surface area contributed by atoms with Crippen LogP contribution in [-0.4, -0.2) is 62.4 Å². The molecule has 0 spiro atoms. The predicted octanol–water partition coefficient (Wildman–Crippen LogP) is 2.99. The Morgan fingerprint density at radius 3 is 2.42 bits per heavy atom. The lowest BCUT2D eigenvalue weighted by atomic mass is 10.1. The van der Waals surface area contributed by atoms with E-state index < -0.39 is 10.0 Å². The molecule has 3 aromatic rings. The van der Waals surface area contributed by atoms with Gasteiger partial charge in [0.2, 0.25) is 10.0 Å². The fourth-order valence-electron chi connectivity index (χ4n) is 3.79. The molecule has 2 aromatic carbocycles. The summed E-state index contributed by atoms with van der Waals surface area (Å²) in [6.07, 6.45) is 0. The summed E-state index contributed by atoms with van der Waals surface area (Å²) in [5.41, 5.74) is 2.76. The normalized spacial score (nSPS) is 16.4. The van der Waals surface area contributed by atoms with Crippen molar-refractivity contribution < 1.29 is 22.6 Å². The van der Waals surface area contributed by atoms with E-state index in [1.165, 1.54) is 4.31 Å². The molecule has 0 aliphatic carbocycles. The van der Waals surface area contributed by atoms with Gasteiger partial charge in [0.1, 0.15) is 13.2 Å². The largest absolute Gasteiger partial charge is 0.486 e. The van der Waals surface area contributed by atoms with Gasteiger partial charge in [0.25, 0.3) is 0 Å². The summed E-state index contributed by atoms with van der Waals surface area (Å²) in [4.78, 5) is 0.280. The molecule has 0 unspecified atom stereocenters. The molecule has 0 atom stereocenters. The number of rotatable bonds is 5. The first kappa shape index (κ1) is 21.6. The number of aromatic nitrogens is 2. The Kier molecular flexibility index (Phi) is 5.88. The molecule has 1 saturated heterocycles. The van der Waals surface area contributed by atoms with Crippen LogP contribution in [0.25, 0.3) is 11.3 Å². The quantitative estimate of drug-likeness (QED) is 0.610. The number of morpholine rings is 1. The van der Waals surface area contributed by atoms with E-state index in [9.17, 15) is 8.42 Å². The molecule has 1 aromatic heterocycles. The Bertz CT molecular complexity index is 1260. The highest BCUT2D eigenvalue weighted by molar-refractivity contribution is 7.89. The summed E-state index contributed by atoms with van der Waals surface area (Å²) in [6.45, 7) is 4.37. The van der Waals surface area contributed by atoms with Gasteiger partial charge in [-0.3, -0.25) is 0 Å². The summed E-state index contributed by atoms with van der Waals surface area (Å²) in [7, 11) is -3.61. The average Bonchev–Trinajstić information content (AvgIpc) is 2.85. The monoisotopic (exact) mass is 468 g/mol. The summed E-state index contributed by atoms with van der Waals surface area (Å²) in [5, 5.41) is 11.8. The minimum atomic E-state index is -3.61. The number of sulfonamides is 1. The van der Waals surface area contributed by atoms with Gasteiger partial charge < -0.3 is 19.5 Å². The van der Waals surface area contributed by atoms with Crippen molar-refractivity contribution in [1.82, 2.24) is 14.5 Å². The van der Waals surface area contributed by atoms with E-state index in [0.717, 1.165) is 11.4 Å². The van der Waals surface area contributed by atoms with E-state index in [-0.39, 0.29) is 4.90 Å². The van der Waals surface area contributed by atoms with Gasteiger partial charge >= 0.3 is 0 Å². The van der Waals surface area contributed by atoms with Crippen molar-refractivity contribution in [2.24, 2.45) is 0 Å². The maximum Gasteiger partial charge on any atom is 0.243 e. The zero-order chi connectivity index (χ0) is 22.8. The summed E-state index contributed by atoms with van der Waals surface area (Å²) < 4.78 is 44.2. The second-order valence-corrected chi connectivity index (χ2v) is 9.69. The van der Waals surface area contributed by atoms with E-state index >= 15 is 0 Å². The van der Waals surface area contributed by atoms with Gasteiger partial charge in [-0.15, -0.1) is 10.2 Å². The average molecular weight is 469 g/mol. The summed E-state index contributed by atoms with van der Waals surface area (Å²) >= 11 is 0. The molecule has 9 nitrogen and oxygen atoms in total. The summed E-state index contributed by atoms with van der Waals surface area (Å²) in [5.74, 6) is 1.96. The van der Waals surface area contributed by atoms with Crippen molar-refractivity contribution in [3.05, 3.63) is 54.1 Å². The smallest absolute Gasteiger partial charge is 0.243 e. The first-order valence-corrected chi connectivity index (χ1v) is 12.1. The Labute approximate surface area is 192 Å². The first-order chi connectivity index (χ1) is 16.0. The third-order valence-electron chi connectivity index (χ3n) is 5.55. The van der Waals surface area contributed by atoms with Crippen LogP contribution in [0.2, 0.25) is 0 Å². The number of ether oxygens (including phenoxy) is 3. The number of hydrogen-bond donors (Lipinski definition) is 1.